The molecule has 7 nitrogen and oxygen atoms in total. The molecule has 10 heteroatoms. The number of thiophene rings is 1. The molecule has 2 amide bonds. The molecule has 0 aromatic carbocycles. The maximum atomic E-state index is 13.1. The Morgan fingerprint density at radius 1 is 0.931 bits per heavy atom. The Bertz CT molecular complexity index is 850. The van der Waals surface area contributed by atoms with Crippen molar-refractivity contribution in [3.8, 4) is 0 Å². The van der Waals surface area contributed by atoms with Crippen molar-refractivity contribution in [2.75, 3.05) is 50.8 Å². The van der Waals surface area contributed by atoms with E-state index in [0.717, 1.165) is 37.2 Å². The fourth-order valence-electron chi connectivity index (χ4n) is 4.29. The Morgan fingerprint density at radius 2 is 1.55 bits per heavy atom. The second-order valence-electron chi connectivity index (χ2n) is 7.73. The lowest BCUT2D eigenvalue weighted by Gasteiger charge is -2.36. The van der Waals surface area contributed by atoms with Crippen LogP contribution in [0, 0.1) is 5.92 Å². The van der Waals surface area contributed by atoms with Crippen molar-refractivity contribution in [2.24, 2.45) is 5.92 Å². The summed E-state index contributed by atoms with van der Waals surface area (Å²) >= 11 is 2.93. The van der Waals surface area contributed by atoms with Gasteiger partial charge in [0.1, 0.15) is 9.77 Å². The molecule has 29 heavy (non-hydrogen) atoms. The maximum absolute atomic E-state index is 13.1. The summed E-state index contributed by atoms with van der Waals surface area (Å²) in [5, 5.41) is 1.68. The number of nitrogens with zero attached hydrogens (tertiary/aromatic N) is 3. The van der Waals surface area contributed by atoms with Gasteiger partial charge in [0, 0.05) is 56.7 Å². The average molecular weight is 458 g/mol. The Hall–Kier alpha value is -1.10. The van der Waals surface area contributed by atoms with Gasteiger partial charge in [0.15, 0.2) is 0 Å². The zero-order valence-electron chi connectivity index (χ0n) is 16.4. The van der Waals surface area contributed by atoms with Gasteiger partial charge in [0.05, 0.1) is 0 Å². The van der Waals surface area contributed by atoms with Crippen LogP contribution < -0.4 is 0 Å². The van der Waals surface area contributed by atoms with Crippen LogP contribution in [-0.2, 0) is 14.8 Å². The van der Waals surface area contributed by atoms with Crippen LogP contribution in [0.4, 0.5) is 0 Å². The van der Waals surface area contributed by atoms with E-state index in [-0.39, 0.29) is 22.6 Å². The lowest BCUT2D eigenvalue weighted by Crippen LogP contribution is -2.51. The summed E-state index contributed by atoms with van der Waals surface area (Å²) in [5.74, 6) is 1.69. The molecule has 4 rings (SSSR count). The quantitative estimate of drug-likeness (QED) is 0.691. The summed E-state index contributed by atoms with van der Waals surface area (Å²) in [5.41, 5.74) is 0. The van der Waals surface area contributed by atoms with Crippen LogP contribution in [0.25, 0.3) is 0 Å². The number of rotatable bonds is 4. The van der Waals surface area contributed by atoms with Crippen LogP contribution in [0.1, 0.15) is 35.4 Å². The molecule has 1 aromatic rings. The van der Waals surface area contributed by atoms with Crippen LogP contribution in [-0.4, -0.2) is 85.1 Å². The number of sulfonamides is 1. The van der Waals surface area contributed by atoms with Crippen molar-refractivity contribution >= 4 is 44.9 Å². The summed E-state index contributed by atoms with van der Waals surface area (Å²) in [6, 6.07) is 1.55. The Labute approximate surface area is 180 Å². The van der Waals surface area contributed by atoms with Crippen molar-refractivity contribution in [3.63, 3.8) is 0 Å². The van der Waals surface area contributed by atoms with Crippen LogP contribution in [0.2, 0.25) is 0 Å². The van der Waals surface area contributed by atoms with Crippen molar-refractivity contribution in [1.29, 1.82) is 0 Å². The van der Waals surface area contributed by atoms with Crippen molar-refractivity contribution < 1.29 is 18.0 Å². The molecule has 1 aromatic heterocycles. The van der Waals surface area contributed by atoms with Crippen molar-refractivity contribution in [1.82, 2.24) is 14.1 Å². The van der Waals surface area contributed by atoms with Crippen LogP contribution >= 0.6 is 23.1 Å². The highest BCUT2D eigenvalue weighted by atomic mass is 32.2. The van der Waals surface area contributed by atoms with Gasteiger partial charge in [-0.05, 0) is 24.3 Å². The second kappa shape index (κ2) is 8.95. The third-order valence-electron chi connectivity index (χ3n) is 5.99. The van der Waals surface area contributed by atoms with Crippen molar-refractivity contribution in [2.45, 2.75) is 30.6 Å². The molecule has 0 bridgehead atoms. The van der Waals surface area contributed by atoms with Gasteiger partial charge < -0.3 is 9.80 Å². The average Bonchev–Trinajstić information content (AvgIpc) is 3.46. The van der Waals surface area contributed by atoms with E-state index in [1.165, 1.54) is 15.6 Å². The zero-order chi connectivity index (χ0) is 20.4. The van der Waals surface area contributed by atoms with Gasteiger partial charge in [0.2, 0.25) is 15.9 Å². The van der Waals surface area contributed by atoms with Crippen LogP contribution in [0.3, 0.4) is 0 Å². The molecule has 1 saturated carbocycles. The van der Waals surface area contributed by atoms with Gasteiger partial charge in [-0.15, -0.1) is 11.3 Å². The first kappa shape index (κ1) is 21.1. The molecule has 0 spiro atoms. The molecule has 3 fully saturated rings. The summed E-state index contributed by atoms with van der Waals surface area (Å²) < 4.78 is 27.6. The highest BCUT2D eigenvalue weighted by molar-refractivity contribution is 7.99. The number of amides is 2. The molecule has 1 aliphatic carbocycles. The normalized spacial score (nSPS) is 22.2. The first-order chi connectivity index (χ1) is 14.0. The smallest absolute Gasteiger partial charge is 0.265 e. The van der Waals surface area contributed by atoms with Crippen LogP contribution in [0.5, 0.6) is 0 Å². The molecule has 0 N–H and O–H groups in total. The number of hydrogen-bond donors (Lipinski definition) is 0. The fraction of sp³-hybridized carbons (Fsp3) is 0.684. The molecular weight excluding hydrogens is 430 g/mol. The van der Waals surface area contributed by atoms with Crippen molar-refractivity contribution in [3.05, 3.63) is 16.3 Å². The highest BCUT2D eigenvalue weighted by Gasteiger charge is 2.35. The second-order valence-corrected chi connectivity index (χ2v) is 11.8. The molecule has 2 saturated heterocycles. The van der Waals surface area contributed by atoms with E-state index in [4.69, 9.17) is 0 Å². The van der Waals surface area contributed by atoms with E-state index in [2.05, 4.69) is 0 Å². The number of carbonyl (C=O) groups excluding carboxylic acids is 2. The standard InChI is InChI=1S/C19H27N3O4S3/c23-18(15-3-1-2-4-15)20-6-8-21(9-7-20)19(24)17-16(5-12-28-17)29(25,26)22-10-13-27-14-11-22/h5,12,15H,1-4,6-11,13-14H2. The molecule has 3 heterocycles. The Morgan fingerprint density at radius 3 is 2.21 bits per heavy atom. The largest absolute Gasteiger partial charge is 0.339 e. The van der Waals surface area contributed by atoms with Gasteiger partial charge in [-0.3, -0.25) is 9.59 Å². The van der Waals surface area contributed by atoms with E-state index in [1.54, 1.807) is 28.1 Å². The van der Waals surface area contributed by atoms with Gasteiger partial charge in [-0.25, -0.2) is 8.42 Å². The van der Waals surface area contributed by atoms with E-state index in [1.807, 2.05) is 4.90 Å². The van der Waals surface area contributed by atoms with Gasteiger partial charge in [-0.1, -0.05) is 12.8 Å². The molecule has 3 aliphatic rings. The molecule has 160 valence electrons. The van der Waals surface area contributed by atoms with Gasteiger partial charge in [-0.2, -0.15) is 16.1 Å². The third kappa shape index (κ3) is 4.35. The van der Waals surface area contributed by atoms with E-state index >= 15 is 0 Å². The summed E-state index contributed by atoms with van der Waals surface area (Å²) in [4.78, 5) is 29.7. The topological polar surface area (TPSA) is 78.0 Å². The predicted molar refractivity (Wildman–Crippen MR) is 115 cm³/mol. The fourth-order valence-corrected chi connectivity index (χ4v) is 8.23. The number of hydrogen-bond acceptors (Lipinski definition) is 6. The predicted octanol–water partition coefficient (Wildman–Crippen LogP) is 1.96. The zero-order valence-corrected chi connectivity index (χ0v) is 18.9. The Kier molecular flexibility index (Phi) is 6.53. The lowest BCUT2D eigenvalue weighted by atomic mass is 10.1. The summed E-state index contributed by atoms with van der Waals surface area (Å²) in [6.07, 6.45) is 4.20. The van der Waals surface area contributed by atoms with E-state index in [0.29, 0.717) is 44.1 Å². The first-order valence-corrected chi connectivity index (χ1v) is 13.7. The monoisotopic (exact) mass is 457 g/mol. The van der Waals surface area contributed by atoms with E-state index in [9.17, 15) is 18.0 Å². The molecule has 2 aliphatic heterocycles. The van der Waals surface area contributed by atoms with Gasteiger partial charge >= 0.3 is 0 Å². The minimum absolute atomic E-state index is 0.129. The lowest BCUT2D eigenvalue weighted by molar-refractivity contribution is -0.136. The summed E-state index contributed by atoms with van der Waals surface area (Å²) in [6.45, 7) is 2.93. The SMILES string of the molecule is O=C(c1sccc1S(=O)(=O)N1CCSCC1)N1CCN(C(=O)C2CCCC2)CC1. The Balaban J connectivity index is 1.42. The molecule has 0 unspecified atom stereocenters. The minimum atomic E-state index is -3.65. The number of thioether (sulfide) groups is 1. The summed E-state index contributed by atoms with van der Waals surface area (Å²) in [7, 11) is -3.65. The third-order valence-corrected chi connectivity index (χ3v) is 9.91. The number of piperazine rings is 1. The molecule has 0 radical (unpaired) electrons. The number of carbonyl (C=O) groups is 2. The highest BCUT2D eigenvalue weighted by Crippen LogP contribution is 2.29. The molecule has 0 atom stereocenters. The van der Waals surface area contributed by atoms with Crippen LogP contribution in [0.15, 0.2) is 16.3 Å². The first-order valence-electron chi connectivity index (χ1n) is 10.2. The van der Waals surface area contributed by atoms with E-state index < -0.39 is 10.0 Å². The minimum Gasteiger partial charge on any atom is -0.339 e. The maximum Gasteiger partial charge on any atom is 0.265 e. The van der Waals surface area contributed by atoms with Gasteiger partial charge in [0.25, 0.3) is 5.91 Å². The molecular formula is C19H27N3O4S3.